The molecule has 0 bridgehead atoms. The van der Waals surface area contributed by atoms with Crippen molar-refractivity contribution in [3.8, 4) is 0 Å². The van der Waals surface area contributed by atoms with E-state index in [1.807, 2.05) is 12.1 Å². The van der Waals surface area contributed by atoms with Crippen LogP contribution in [0.3, 0.4) is 0 Å². The van der Waals surface area contributed by atoms with Crippen molar-refractivity contribution in [1.82, 2.24) is 0 Å². The molecular formula is C9H4BrF2IS. The SMILES string of the molecule is FC(F)c1cc2c(I)ccc(Br)c2s1. The van der Waals surface area contributed by atoms with Gasteiger partial charge >= 0.3 is 0 Å². The highest BCUT2D eigenvalue weighted by Crippen LogP contribution is 2.38. The fourth-order valence-corrected chi connectivity index (χ4v) is 3.51. The van der Waals surface area contributed by atoms with Crippen molar-refractivity contribution in [2.24, 2.45) is 0 Å². The summed E-state index contributed by atoms with van der Waals surface area (Å²) in [5.74, 6) is 0. The van der Waals surface area contributed by atoms with Crippen LogP contribution in [-0.4, -0.2) is 0 Å². The Labute approximate surface area is 106 Å². The molecule has 0 N–H and O–H groups in total. The molecule has 0 spiro atoms. The maximum atomic E-state index is 12.5. The molecule has 2 rings (SSSR count). The van der Waals surface area contributed by atoms with E-state index >= 15 is 0 Å². The first kappa shape index (κ1) is 10.8. The molecule has 0 unspecified atom stereocenters. The predicted molar refractivity (Wildman–Crippen MR) is 67.2 cm³/mol. The van der Waals surface area contributed by atoms with Gasteiger partial charge in [0.2, 0.25) is 0 Å². The maximum absolute atomic E-state index is 12.5. The Kier molecular flexibility index (Phi) is 3.09. The Hall–Kier alpha value is 0.250. The van der Waals surface area contributed by atoms with Crippen LogP contribution >= 0.6 is 49.9 Å². The summed E-state index contributed by atoms with van der Waals surface area (Å²) < 4.78 is 27.7. The molecular weight excluding hydrogens is 385 g/mol. The molecule has 0 saturated heterocycles. The number of fused-ring (bicyclic) bond motifs is 1. The first-order valence-corrected chi connectivity index (χ1v) is 6.44. The minimum absolute atomic E-state index is 0.129. The highest BCUT2D eigenvalue weighted by Gasteiger charge is 2.14. The number of benzene rings is 1. The van der Waals surface area contributed by atoms with Gasteiger partial charge in [-0.3, -0.25) is 0 Å². The zero-order valence-electron chi connectivity index (χ0n) is 6.73. The lowest BCUT2D eigenvalue weighted by atomic mass is 10.2. The molecule has 1 aromatic heterocycles. The summed E-state index contributed by atoms with van der Waals surface area (Å²) >= 11 is 6.65. The minimum atomic E-state index is -2.38. The fourth-order valence-electron chi connectivity index (χ4n) is 1.18. The molecule has 74 valence electrons. The van der Waals surface area contributed by atoms with Crippen molar-refractivity contribution in [1.29, 1.82) is 0 Å². The fraction of sp³-hybridized carbons (Fsp3) is 0.111. The maximum Gasteiger partial charge on any atom is 0.272 e. The Morgan fingerprint density at radius 2 is 2.07 bits per heavy atom. The molecule has 0 aliphatic heterocycles. The summed E-state index contributed by atoms with van der Waals surface area (Å²) in [4.78, 5) is 0.129. The molecule has 0 amide bonds. The van der Waals surface area contributed by atoms with E-state index in [1.165, 1.54) is 0 Å². The summed E-state index contributed by atoms with van der Waals surface area (Å²) in [6.45, 7) is 0. The standard InChI is InChI=1S/C9H4BrF2IS/c10-5-1-2-6(13)4-3-7(9(11)12)14-8(4)5/h1-3,9H. The van der Waals surface area contributed by atoms with E-state index in [0.29, 0.717) is 0 Å². The van der Waals surface area contributed by atoms with Crippen molar-refractivity contribution in [2.45, 2.75) is 6.43 Å². The van der Waals surface area contributed by atoms with Gasteiger partial charge in [-0.05, 0) is 56.7 Å². The smallest absolute Gasteiger partial charge is 0.204 e. The molecule has 1 aromatic carbocycles. The normalized spacial score (nSPS) is 11.5. The molecule has 0 aliphatic rings. The largest absolute Gasteiger partial charge is 0.272 e. The first-order chi connectivity index (χ1) is 6.59. The number of rotatable bonds is 1. The Balaban J connectivity index is 2.75. The van der Waals surface area contributed by atoms with Crippen LogP contribution in [0.25, 0.3) is 10.1 Å². The van der Waals surface area contributed by atoms with E-state index in [0.717, 1.165) is 29.5 Å². The molecule has 0 nitrogen and oxygen atoms in total. The van der Waals surface area contributed by atoms with Crippen LogP contribution in [0.1, 0.15) is 11.3 Å². The Bertz CT molecular complexity index is 442. The Morgan fingerprint density at radius 3 is 2.64 bits per heavy atom. The second kappa shape index (κ2) is 4.02. The number of hydrogen-bond donors (Lipinski definition) is 0. The summed E-state index contributed by atoms with van der Waals surface area (Å²) in [5, 5.41) is 0.903. The quantitative estimate of drug-likeness (QED) is 0.588. The molecule has 0 saturated carbocycles. The van der Waals surface area contributed by atoms with Crippen LogP contribution in [-0.2, 0) is 0 Å². The van der Waals surface area contributed by atoms with Gasteiger partial charge in [0, 0.05) is 13.4 Å². The average Bonchev–Trinajstić information content (AvgIpc) is 2.57. The van der Waals surface area contributed by atoms with Crippen LogP contribution in [0, 0.1) is 3.57 Å². The molecule has 2 aromatic rings. The minimum Gasteiger partial charge on any atom is -0.204 e. The zero-order chi connectivity index (χ0) is 10.3. The number of alkyl halides is 2. The van der Waals surface area contributed by atoms with Gasteiger partial charge in [-0.25, -0.2) is 8.78 Å². The highest BCUT2D eigenvalue weighted by atomic mass is 127. The van der Waals surface area contributed by atoms with E-state index in [4.69, 9.17) is 0 Å². The van der Waals surface area contributed by atoms with Gasteiger partial charge in [0.05, 0.1) is 9.58 Å². The molecule has 0 aliphatic carbocycles. The van der Waals surface area contributed by atoms with E-state index < -0.39 is 6.43 Å². The van der Waals surface area contributed by atoms with Gasteiger partial charge in [0.1, 0.15) is 0 Å². The Morgan fingerprint density at radius 1 is 1.36 bits per heavy atom. The number of hydrogen-bond acceptors (Lipinski definition) is 1. The van der Waals surface area contributed by atoms with E-state index in [2.05, 4.69) is 38.5 Å². The van der Waals surface area contributed by atoms with Crippen molar-refractivity contribution in [3.05, 3.63) is 31.1 Å². The lowest BCUT2D eigenvalue weighted by molar-refractivity contribution is 0.156. The lowest BCUT2D eigenvalue weighted by Crippen LogP contribution is -1.74. The van der Waals surface area contributed by atoms with Crippen LogP contribution in [0.15, 0.2) is 22.7 Å². The van der Waals surface area contributed by atoms with Crippen LogP contribution in [0.2, 0.25) is 0 Å². The van der Waals surface area contributed by atoms with Crippen molar-refractivity contribution in [2.75, 3.05) is 0 Å². The molecule has 0 atom stereocenters. The third kappa shape index (κ3) is 1.81. The van der Waals surface area contributed by atoms with E-state index in [9.17, 15) is 8.78 Å². The van der Waals surface area contributed by atoms with Gasteiger partial charge in [0.25, 0.3) is 6.43 Å². The predicted octanol–water partition coefficient (Wildman–Crippen LogP) is 5.21. The van der Waals surface area contributed by atoms with Gasteiger partial charge in [-0.1, -0.05) is 0 Å². The van der Waals surface area contributed by atoms with Crippen LogP contribution in [0.4, 0.5) is 8.78 Å². The van der Waals surface area contributed by atoms with Gasteiger partial charge in [-0.2, -0.15) is 0 Å². The third-order valence-electron chi connectivity index (χ3n) is 1.82. The summed E-state index contributed by atoms with van der Waals surface area (Å²) in [5.41, 5.74) is 0. The van der Waals surface area contributed by atoms with Gasteiger partial charge in [0.15, 0.2) is 0 Å². The van der Waals surface area contributed by atoms with Gasteiger partial charge in [-0.15, -0.1) is 11.3 Å². The molecule has 1 heterocycles. The summed E-state index contributed by atoms with van der Waals surface area (Å²) in [6.07, 6.45) is -2.38. The summed E-state index contributed by atoms with van der Waals surface area (Å²) in [6, 6.07) is 5.36. The lowest BCUT2D eigenvalue weighted by Gasteiger charge is -1.95. The highest BCUT2D eigenvalue weighted by molar-refractivity contribution is 14.1. The topological polar surface area (TPSA) is 0 Å². The third-order valence-corrected chi connectivity index (χ3v) is 4.86. The first-order valence-electron chi connectivity index (χ1n) is 3.75. The number of halogens is 4. The summed E-state index contributed by atoms with van der Waals surface area (Å²) in [7, 11) is 0. The van der Waals surface area contributed by atoms with Crippen LogP contribution < -0.4 is 0 Å². The monoisotopic (exact) mass is 388 g/mol. The van der Waals surface area contributed by atoms with Crippen LogP contribution in [0.5, 0.6) is 0 Å². The number of thiophene rings is 1. The molecule has 14 heavy (non-hydrogen) atoms. The second-order valence-corrected chi connectivity index (χ2v) is 5.82. The van der Waals surface area contributed by atoms with Gasteiger partial charge < -0.3 is 0 Å². The van der Waals surface area contributed by atoms with E-state index in [-0.39, 0.29) is 4.88 Å². The van der Waals surface area contributed by atoms with Crippen molar-refractivity contribution in [3.63, 3.8) is 0 Å². The van der Waals surface area contributed by atoms with Crippen molar-refractivity contribution < 1.29 is 8.78 Å². The van der Waals surface area contributed by atoms with E-state index in [1.54, 1.807) is 6.07 Å². The molecule has 0 radical (unpaired) electrons. The molecule has 5 heteroatoms. The average molecular weight is 389 g/mol. The van der Waals surface area contributed by atoms with Crippen molar-refractivity contribution >= 4 is 59.9 Å². The zero-order valence-corrected chi connectivity index (χ0v) is 11.3. The molecule has 0 fully saturated rings. The second-order valence-electron chi connectivity index (χ2n) is 2.72.